The minimum atomic E-state index is 0.00316. The maximum Gasteiger partial charge on any atom is 0.224 e. The topological polar surface area (TPSA) is 46.4 Å². The Hall–Kier alpha value is -3.14. The fourth-order valence-corrected chi connectivity index (χ4v) is 2.95. The van der Waals surface area contributed by atoms with E-state index in [1.807, 2.05) is 59.2 Å². The van der Waals surface area contributed by atoms with Crippen LogP contribution in [-0.2, 0) is 17.8 Å². The van der Waals surface area contributed by atoms with Crippen LogP contribution in [0.25, 0.3) is 16.3 Å². The summed E-state index contributed by atoms with van der Waals surface area (Å²) in [5.74, 6) is 0.00316. The maximum absolute atomic E-state index is 12.3. The molecule has 0 bridgehead atoms. The summed E-state index contributed by atoms with van der Waals surface area (Å²) in [6.45, 7) is 0.436. The number of amides is 1. The molecule has 0 fully saturated rings. The van der Waals surface area contributed by atoms with E-state index in [2.05, 4.69) is 28.6 Å². The first kappa shape index (κ1) is 14.5. The Bertz CT molecular complexity index is 981. The molecule has 1 amide bonds. The molecule has 118 valence electrons. The first-order chi connectivity index (χ1) is 11.8. The normalized spacial score (nSPS) is 11.0. The number of carbonyl (C=O) groups excluding carboxylic acids is 1. The van der Waals surface area contributed by atoms with Gasteiger partial charge in [-0.25, -0.2) is 4.52 Å². The number of aromatic nitrogens is 2. The van der Waals surface area contributed by atoms with Crippen molar-refractivity contribution in [2.24, 2.45) is 0 Å². The summed E-state index contributed by atoms with van der Waals surface area (Å²) in [6.07, 6.45) is 2.27. The van der Waals surface area contributed by atoms with Crippen LogP contribution < -0.4 is 5.32 Å². The lowest BCUT2D eigenvalue weighted by Crippen LogP contribution is -2.24. The number of carbonyl (C=O) groups is 1. The fourth-order valence-electron chi connectivity index (χ4n) is 2.95. The first-order valence-electron chi connectivity index (χ1n) is 7.96. The molecule has 2 aromatic carbocycles. The number of fused-ring (bicyclic) bond motifs is 2. The summed E-state index contributed by atoms with van der Waals surface area (Å²) in [6, 6.07) is 22.1. The van der Waals surface area contributed by atoms with Crippen molar-refractivity contribution in [3.63, 3.8) is 0 Å². The lowest BCUT2D eigenvalue weighted by Gasteiger charge is -2.07. The second kappa shape index (κ2) is 6.16. The minimum Gasteiger partial charge on any atom is -0.350 e. The third-order valence-electron chi connectivity index (χ3n) is 4.12. The molecule has 1 N–H and O–H groups in total. The molecule has 0 aliphatic carbocycles. The summed E-state index contributed by atoms with van der Waals surface area (Å²) in [5.41, 5.74) is 2.92. The van der Waals surface area contributed by atoms with Gasteiger partial charge in [0, 0.05) is 6.20 Å². The Morgan fingerprint density at radius 1 is 1.00 bits per heavy atom. The van der Waals surface area contributed by atoms with Crippen LogP contribution in [0.1, 0.15) is 11.3 Å². The third-order valence-corrected chi connectivity index (χ3v) is 4.12. The molecule has 4 nitrogen and oxygen atoms in total. The summed E-state index contributed by atoms with van der Waals surface area (Å²) >= 11 is 0. The van der Waals surface area contributed by atoms with Crippen LogP contribution in [0.2, 0.25) is 0 Å². The van der Waals surface area contributed by atoms with Gasteiger partial charge in [0.2, 0.25) is 5.91 Å². The molecule has 0 saturated carbocycles. The Balaban J connectivity index is 1.46. The van der Waals surface area contributed by atoms with E-state index in [1.54, 1.807) is 0 Å². The molecule has 2 aromatic heterocycles. The van der Waals surface area contributed by atoms with Gasteiger partial charge in [-0.1, -0.05) is 48.5 Å². The highest BCUT2D eigenvalue weighted by Crippen LogP contribution is 2.18. The summed E-state index contributed by atoms with van der Waals surface area (Å²) in [5, 5.41) is 9.69. The number of pyridine rings is 1. The van der Waals surface area contributed by atoms with Gasteiger partial charge in [0.1, 0.15) is 0 Å². The molecule has 0 radical (unpaired) electrons. The molecule has 4 aromatic rings. The van der Waals surface area contributed by atoms with E-state index in [-0.39, 0.29) is 5.91 Å². The van der Waals surface area contributed by atoms with Crippen LogP contribution in [0, 0.1) is 0 Å². The fraction of sp³-hybridized carbons (Fsp3) is 0.100. The van der Waals surface area contributed by atoms with Gasteiger partial charge < -0.3 is 5.32 Å². The first-order valence-corrected chi connectivity index (χ1v) is 7.96. The highest BCUT2D eigenvalue weighted by atomic mass is 16.1. The number of nitrogens with one attached hydrogen (secondary N) is 1. The van der Waals surface area contributed by atoms with Gasteiger partial charge in [-0.05, 0) is 34.5 Å². The average Bonchev–Trinajstić information content (AvgIpc) is 3.03. The van der Waals surface area contributed by atoms with Crippen LogP contribution in [-0.4, -0.2) is 15.5 Å². The molecular weight excluding hydrogens is 298 g/mol. The van der Waals surface area contributed by atoms with E-state index in [0.29, 0.717) is 13.0 Å². The van der Waals surface area contributed by atoms with E-state index < -0.39 is 0 Å². The molecule has 0 aliphatic rings. The summed E-state index contributed by atoms with van der Waals surface area (Å²) in [4.78, 5) is 12.3. The van der Waals surface area contributed by atoms with Gasteiger partial charge in [-0.3, -0.25) is 4.79 Å². The molecule has 0 unspecified atom stereocenters. The molecule has 24 heavy (non-hydrogen) atoms. The summed E-state index contributed by atoms with van der Waals surface area (Å²) in [7, 11) is 0. The SMILES string of the molecule is O=C(Cc1cccc2ccccc12)NCc1cc2ccccn2n1. The molecule has 0 atom stereocenters. The molecule has 0 aliphatic heterocycles. The Morgan fingerprint density at radius 3 is 2.75 bits per heavy atom. The monoisotopic (exact) mass is 315 g/mol. The molecule has 0 saturated heterocycles. The highest BCUT2D eigenvalue weighted by molar-refractivity contribution is 5.90. The Kier molecular flexibility index (Phi) is 3.71. The van der Waals surface area contributed by atoms with Crippen molar-refractivity contribution in [3.8, 4) is 0 Å². The number of rotatable bonds is 4. The van der Waals surface area contributed by atoms with Gasteiger partial charge in [-0.2, -0.15) is 5.10 Å². The van der Waals surface area contributed by atoms with Crippen molar-refractivity contribution in [2.45, 2.75) is 13.0 Å². The van der Waals surface area contributed by atoms with Crippen molar-refractivity contribution < 1.29 is 4.79 Å². The van der Waals surface area contributed by atoms with E-state index in [1.165, 1.54) is 0 Å². The standard InChI is InChI=1S/C20H17N3O/c24-20(12-16-8-5-7-15-6-1-2-10-19(15)16)21-14-17-13-18-9-3-4-11-23(18)22-17/h1-11,13H,12,14H2,(H,21,24). The zero-order valence-corrected chi connectivity index (χ0v) is 13.1. The van der Waals surface area contributed by atoms with E-state index in [9.17, 15) is 4.79 Å². The Morgan fingerprint density at radius 2 is 1.83 bits per heavy atom. The highest BCUT2D eigenvalue weighted by Gasteiger charge is 2.08. The van der Waals surface area contributed by atoms with Gasteiger partial charge in [0.25, 0.3) is 0 Å². The van der Waals surface area contributed by atoms with Gasteiger partial charge in [0.05, 0.1) is 24.2 Å². The van der Waals surface area contributed by atoms with Crippen LogP contribution >= 0.6 is 0 Å². The van der Waals surface area contributed by atoms with Gasteiger partial charge in [0.15, 0.2) is 0 Å². The second-order valence-electron chi connectivity index (χ2n) is 5.80. The average molecular weight is 315 g/mol. The van der Waals surface area contributed by atoms with Crippen LogP contribution in [0.15, 0.2) is 72.9 Å². The van der Waals surface area contributed by atoms with Gasteiger partial charge >= 0.3 is 0 Å². The van der Waals surface area contributed by atoms with Crippen LogP contribution in [0.5, 0.6) is 0 Å². The molecular formula is C20H17N3O. The number of benzene rings is 2. The van der Waals surface area contributed by atoms with Gasteiger partial charge in [-0.15, -0.1) is 0 Å². The third kappa shape index (κ3) is 2.86. The Labute approximate surface area is 139 Å². The zero-order chi connectivity index (χ0) is 16.4. The smallest absolute Gasteiger partial charge is 0.224 e. The van der Waals surface area contributed by atoms with Crippen molar-refractivity contribution >= 4 is 22.2 Å². The van der Waals surface area contributed by atoms with E-state index in [0.717, 1.165) is 27.5 Å². The van der Waals surface area contributed by atoms with Crippen molar-refractivity contribution in [1.29, 1.82) is 0 Å². The second-order valence-corrected chi connectivity index (χ2v) is 5.80. The minimum absolute atomic E-state index is 0.00316. The zero-order valence-electron chi connectivity index (χ0n) is 13.1. The lowest BCUT2D eigenvalue weighted by molar-refractivity contribution is -0.120. The molecule has 4 rings (SSSR count). The van der Waals surface area contributed by atoms with E-state index >= 15 is 0 Å². The van der Waals surface area contributed by atoms with Crippen molar-refractivity contribution in [2.75, 3.05) is 0 Å². The predicted molar refractivity (Wildman–Crippen MR) is 94.7 cm³/mol. The largest absolute Gasteiger partial charge is 0.350 e. The lowest BCUT2D eigenvalue weighted by atomic mass is 10.0. The number of nitrogens with zero attached hydrogens (tertiary/aromatic N) is 2. The van der Waals surface area contributed by atoms with Crippen molar-refractivity contribution in [1.82, 2.24) is 14.9 Å². The maximum atomic E-state index is 12.3. The van der Waals surface area contributed by atoms with E-state index in [4.69, 9.17) is 0 Å². The van der Waals surface area contributed by atoms with Crippen LogP contribution in [0.3, 0.4) is 0 Å². The molecule has 4 heteroatoms. The number of hydrogen-bond acceptors (Lipinski definition) is 2. The number of hydrogen-bond donors (Lipinski definition) is 1. The van der Waals surface area contributed by atoms with Crippen LogP contribution in [0.4, 0.5) is 0 Å². The quantitative estimate of drug-likeness (QED) is 0.628. The molecule has 2 heterocycles. The van der Waals surface area contributed by atoms with Crippen molar-refractivity contribution in [3.05, 3.63) is 84.2 Å². The molecule has 0 spiro atoms. The predicted octanol–water partition coefficient (Wildman–Crippen LogP) is 3.35. The summed E-state index contributed by atoms with van der Waals surface area (Å²) < 4.78 is 1.81.